The number of hydrazone groups is 1. The fraction of sp³-hybridized carbons (Fsp3) is 0.400. The Morgan fingerprint density at radius 2 is 2.14 bits per heavy atom. The number of carbonyl (C=O) groups excluding carboxylic acids is 2. The van der Waals surface area contributed by atoms with Crippen molar-refractivity contribution < 1.29 is 14.3 Å². The van der Waals surface area contributed by atoms with Gasteiger partial charge < -0.3 is 15.8 Å². The number of benzene rings is 1. The van der Waals surface area contributed by atoms with Gasteiger partial charge in [0.05, 0.1) is 12.3 Å². The van der Waals surface area contributed by atoms with Crippen molar-refractivity contribution in [3.63, 3.8) is 0 Å². The molecule has 22 heavy (non-hydrogen) atoms. The summed E-state index contributed by atoms with van der Waals surface area (Å²) in [7, 11) is 1.57. The van der Waals surface area contributed by atoms with Crippen LogP contribution in [0.15, 0.2) is 35.4 Å². The maximum Gasteiger partial charge on any atom is 0.267 e. The molecule has 2 amide bonds. The number of carbonyl (C=O) groups is 2. The van der Waals surface area contributed by atoms with Crippen LogP contribution in [0.25, 0.3) is 0 Å². The van der Waals surface area contributed by atoms with Gasteiger partial charge in [-0.05, 0) is 19.1 Å². The Morgan fingerprint density at radius 3 is 2.73 bits per heavy atom. The lowest BCUT2D eigenvalue weighted by Crippen LogP contribution is -2.41. The molecule has 1 aliphatic rings. The summed E-state index contributed by atoms with van der Waals surface area (Å²) in [6.45, 7) is 2.23. The minimum Gasteiger partial charge on any atom is -0.383 e. The highest BCUT2D eigenvalue weighted by Crippen LogP contribution is 2.24. The smallest absolute Gasteiger partial charge is 0.267 e. The van der Waals surface area contributed by atoms with Crippen LogP contribution >= 0.6 is 0 Å². The summed E-state index contributed by atoms with van der Waals surface area (Å²) in [5.41, 5.74) is 6.44. The molecule has 0 saturated heterocycles. The summed E-state index contributed by atoms with van der Waals surface area (Å²) in [4.78, 5) is 23.8. The van der Waals surface area contributed by atoms with Gasteiger partial charge in [0.25, 0.3) is 5.91 Å². The van der Waals surface area contributed by atoms with E-state index in [1.165, 1.54) is 5.01 Å². The molecular formula is C15H20N4O3. The van der Waals surface area contributed by atoms with E-state index in [2.05, 4.69) is 10.4 Å². The number of nitrogens with two attached hydrogens (primary N) is 1. The van der Waals surface area contributed by atoms with E-state index < -0.39 is 11.9 Å². The summed E-state index contributed by atoms with van der Waals surface area (Å²) < 4.78 is 4.98. The second kappa shape index (κ2) is 7.04. The number of para-hydroxylation sites is 1. The number of rotatable bonds is 6. The number of methoxy groups -OCH3 is 1. The molecule has 0 aromatic heterocycles. The topological polar surface area (TPSA) is 97.0 Å². The molecular weight excluding hydrogens is 284 g/mol. The van der Waals surface area contributed by atoms with Crippen LogP contribution in [0.5, 0.6) is 0 Å². The molecule has 0 spiro atoms. The number of ether oxygens (including phenoxy) is 1. The first-order chi connectivity index (χ1) is 10.5. The summed E-state index contributed by atoms with van der Waals surface area (Å²) in [5, 5.41) is 8.55. The van der Waals surface area contributed by atoms with E-state index in [1.54, 1.807) is 7.11 Å². The number of amides is 2. The van der Waals surface area contributed by atoms with Crippen molar-refractivity contribution in [2.45, 2.75) is 25.4 Å². The molecule has 2 atom stereocenters. The van der Waals surface area contributed by atoms with E-state index >= 15 is 0 Å². The van der Waals surface area contributed by atoms with Gasteiger partial charge in [0.1, 0.15) is 11.8 Å². The van der Waals surface area contributed by atoms with E-state index in [-0.39, 0.29) is 24.1 Å². The maximum absolute atomic E-state index is 12.2. The molecule has 0 aliphatic carbocycles. The molecule has 1 aromatic rings. The number of primary amides is 1. The van der Waals surface area contributed by atoms with Crippen LogP contribution in [-0.2, 0) is 14.3 Å². The summed E-state index contributed by atoms with van der Waals surface area (Å²) in [6, 6.07) is 8.37. The Morgan fingerprint density at radius 1 is 1.45 bits per heavy atom. The highest BCUT2D eigenvalue weighted by Gasteiger charge is 2.35. The van der Waals surface area contributed by atoms with Gasteiger partial charge in [-0.15, -0.1) is 0 Å². The first-order valence-corrected chi connectivity index (χ1v) is 7.03. The van der Waals surface area contributed by atoms with Crippen LogP contribution < -0.4 is 16.1 Å². The minimum absolute atomic E-state index is 0.141. The Labute approximate surface area is 129 Å². The van der Waals surface area contributed by atoms with Crippen LogP contribution in [0.4, 0.5) is 5.69 Å². The van der Waals surface area contributed by atoms with Crippen molar-refractivity contribution in [1.82, 2.24) is 5.32 Å². The van der Waals surface area contributed by atoms with E-state index in [9.17, 15) is 9.59 Å². The average molecular weight is 304 g/mol. The SMILES string of the molecule is COCC(C)NC(=O)C1=NN(c2ccccc2)C(C(N)=O)C1. The number of nitrogens with zero attached hydrogens (tertiary/aromatic N) is 2. The molecule has 1 heterocycles. The van der Waals surface area contributed by atoms with Gasteiger partial charge in [-0.2, -0.15) is 5.10 Å². The van der Waals surface area contributed by atoms with Crippen LogP contribution in [0, 0.1) is 0 Å². The number of nitrogens with one attached hydrogen (secondary N) is 1. The molecule has 7 heteroatoms. The van der Waals surface area contributed by atoms with Gasteiger partial charge >= 0.3 is 0 Å². The van der Waals surface area contributed by atoms with Crippen molar-refractivity contribution in [3.05, 3.63) is 30.3 Å². The number of hydrogen-bond donors (Lipinski definition) is 2. The van der Waals surface area contributed by atoms with Crippen LogP contribution in [0.2, 0.25) is 0 Å². The monoisotopic (exact) mass is 304 g/mol. The van der Waals surface area contributed by atoms with E-state index in [1.807, 2.05) is 37.3 Å². The lowest BCUT2D eigenvalue weighted by Gasteiger charge is -2.20. The van der Waals surface area contributed by atoms with Gasteiger partial charge in [-0.3, -0.25) is 14.6 Å². The summed E-state index contributed by atoms with van der Waals surface area (Å²) >= 11 is 0. The maximum atomic E-state index is 12.2. The van der Waals surface area contributed by atoms with Gasteiger partial charge in [0.15, 0.2) is 0 Å². The Kier molecular flexibility index (Phi) is 5.11. The normalized spacial score (nSPS) is 18.7. The highest BCUT2D eigenvalue weighted by molar-refractivity contribution is 6.40. The zero-order valence-electron chi connectivity index (χ0n) is 12.7. The molecule has 1 aliphatic heterocycles. The Bertz CT molecular complexity index is 573. The lowest BCUT2D eigenvalue weighted by molar-refractivity contribution is -0.119. The second-order valence-corrected chi connectivity index (χ2v) is 5.18. The van der Waals surface area contributed by atoms with Crippen LogP contribution in [0.1, 0.15) is 13.3 Å². The van der Waals surface area contributed by atoms with Crippen molar-refractivity contribution in [1.29, 1.82) is 0 Å². The predicted octanol–water partition coefficient (Wildman–Crippen LogP) is 0.258. The molecule has 1 aromatic carbocycles. The van der Waals surface area contributed by atoms with Crippen LogP contribution in [0.3, 0.4) is 0 Å². The number of anilines is 1. The van der Waals surface area contributed by atoms with Gasteiger partial charge in [-0.1, -0.05) is 18.2 Å². The molecule has 0 fully saturated rings. The van der Waals surface area contributed by atoms with E-state index in [0.29, 0.717) is 6.61 Å². The zero-order chi connectivity index (χ0) is 16.1. The standard InChI is InChI=1S/C15H20N4O3/c1-10(9-22-2)17-15(21)12-8-13(14(16)20)19(18-12)11-6-4-3-5-7-11/h3-7,10,13H,8-9H2,1-2H3,(H2,16,20)(H,17,21). The predicted molar refractivity (Wildman–Crippen MR) is 83.4 cm³/mol. The Hall–Kier alpha value is -2.41. The largest absolute Gasteiger partial charge is 0.383 e. The molecule has 2 rings (SSSR count). The van der Waals surface area contributed by atoms with Gasteiger partial charge in [0.2, 0.25) is 5.91 Å². The minimum atomic E-state index is -0.652. The first-order valence-electron chi connectivity index (χ1n) is 7.03. The van der Waals surface area contributed by atoms with Crippen molar-refractivity contribution in [3.8, 4) is 0 Å². The van der Waals surface area contributed by atoms with Gasteiger partial charge in [-0.25, -0.2) is 0 Å². The molecule has 0 radical (unpaired) electrons. The summed E-state index contributed by atoms with van der Waals surface area (Å²) in [5.74, 6) is -0.824. The van der Waals surface area contributed by atoms with Crippen LogP contribution in [-0.4, -0.2) is 43.3 Å². The fourth-order valence-corrected chi connectivity index (χ4v) is 2.29. The van der Waals surface area contributed by atoms with E-state index in [0.717, 1.165) is 5.69 Å². The molecule has 7 nitrogen and oxygen atoms in total. The molecule has 118 valence electrons. The number of hydrogen-bond acceptors (Lipinski definition) is 5. The molecule has 0 saturated carbocycles. The second-order valence-electron chi connectivity index (χ2n) is 5.18. The molecule has 0 bridgehead atoms. The van der Waals surface area contributed by atoms with E-state index in [4.69, 9.17) is 10.5 Å². The van der Waals surface area contributed by atoms with Gasteiger partial charge in [0, 0.05) is 19.6 Å². The third kappa shape index (κ3) is 3.62. The third-order valence-electron chi connectivity index (χ3n) is 3.32. The molecule has 2 unspecified atom stereocenters. The van der Waals surface area contributed by atoms with Crippen molar-refractivity contribution in [2.24, 2.45) is 10.8 Å². The average Bonchev–Trinajstić information content (AvgIpc) is 2.94. The highest BCUT2D eigenvalue weighted by atomic mass is 16.5. The first kappa shape index (κ1) is 16.0. The van der Waals surface area contributed by atoms with Crippen molar-refractivity contribution in [2.75, 3.05) is 18.7 Å². The summed E-state index contributed by atoms with van der Waals surface area (Å²) in [6.07, 6.45) is 0.190. The zero-order valence-corrected chi connectivity index (χ0v) is 12.7. The third-order valence-corrected chi connectivity index (χ3v) is 3.32. The quantitative estimate of drug-likeness (QED) is 0.787. The Balaban J connectivity index is 2.16. The molecule has 3 N–H and O–H groups in total. The van der Waals surface area contributed by atoms with Crippen molar-refractivity contribution >= 4 is 23.2 Å². The fourth-order valence-electron chi connectivity index (χ4n) is 2.29. The lowest BCUT2D eigenvalue weighted by atomic mass is 10.1.